The normalized spacial score (nSPS) is 12.9. The monoisotopic (exact) mass is 146 g/mol. The van der Waals surface area contributed by atoms with E-state index in [4.69, 9.17) is 7.85 Å². The van der Waals surface area contributed by atoms with Crippen LogP contribution in [0.1, 0.15) is 31.1 Å². The Hall–Kier alpha value is -0.855. The first kappa shape index (κ1) is 8.24. The van der Waals surface area contributed by atoms with Crippen molar-refractivity contribution >= 4 is 7.85 Å². The second-order valence-corrected chi connectivity index (χ2v) is 2.53. The van der Waals surface area contributed by atoms with Crippen LogP contribution >= 0.6 is 0 Å². The zero-order valence-electron chi connectivity index (χ0n) is 6.91. The van der Waals surface area contributed by atoms with Crippen molar-refractivity contribution in [1.29, 1.82) is 0 Å². The summed E-state index contributed by atoms with van der Waals surface area (Å²) in [5.41, 5.74) is 1.91. The largest absolute Gasteiger partial charge is 0.258 e. The highest BCUT2D eigenvalue weighted by Crippen LogP contribution is 2.11. The molecule has 0 aliphatic heterocycles. The van der Waals surface area contributed by atoms with Crippen molar-refractivity contribution in [1.82, 2.24) is 9.97 Å². The Bertz CT molecular complexity index is 235. The number of hydrogen-bond donors (Lipinski definition) is 0. The quantitative estimate of drug-likeness (QED) is 0.587. The van der Waals surface area contributed by atoms with Gasteiger partial charge in [-0.15, -0.1) is 0 Å². The molecule has 2 radical (unpaired) electrons. The van der Waals surface area contributed by atoms with Gasteiger partial charge in [0.05, 0.1) is 19.2 Å². The van der Waals surface area contributed by atoms with E-state index in [0.717, 1.165) is 17.8 Å². The van der Waals surface area contributed by atoms with Gasteiger partial charge in [-0.2, -0.15) is 0 Å². The summed E-state index contributed by atoms with van der Waals surface area (Å²) >= 11 is 0. The maximum atomic E-state index is 5.69. The molecule has 1 rings (SSSR count). The van der Waals surface area contributed by atoms with Crippen LogP contribution in [0.25, 0.3) is 0 Å². The number of nitrogens with zero attached hydrogens (tertiary/aromatic N) is 2. The van der Waals surface area contributed by atoms with Gasteiger partial charge < -0.3 is 0 Å². The predicted octanol–water partition coefficient (Wildman–Crippen LogP) is 1.27. The molecule has 0 saturated heterocycles. The Kier molecular flexibility index (Phi) is 2.63. The fourth-order valence-electron chi connectivity index (χ4n) is 1.03. The van der Waals surface area contributed by atoms with Crippen LogP contribution in [0.15, 0.2) is 12.4 Å². The molecule has 1 heterocycles. The van der Waals surface area contributed by atoms with Crippen molar-refractivity contribution in [2.45, 2.75) is 26.1 Å². The van der Waals surface area contributed by atoms with E-state index < -0.39 is 0 Å². The molecule has 2 nitrogen and oxygen atoms in total. The highest BCUT2D eigenvalue weighted by molar-refractivity contribution is 6.11. The SMILES string of the molecule is [B]C(C)c1nccnc1CC. The molecule has 3 heteroatoms. The zero-order chi connectivity index (χ0) is 8.27. The topological polar surface area (TPSA) is 25.8 Å². The maximum absolute atomic E-state index is 5.69. The summed E-state index contributed by atoms with van der Waals surface area (Å²) in [5.74, 6) is -0.0151. The van der Waals surface area contributed by atoms with Crippen molar-refractivity contribution in [3.8, 4) is 0 Å². The average molecular weight is 146 g/mol. The minimum Gasteiger partial charge on any atom is -0.258 e. The molecular formula is C8H11BN2. The fraction of sp³-hybridized carbons (Fsp3) is 0.500. The van der Waals surface area contributed by atoms with Crippen molar-refractivity contribution in [3.63, 3.8) is 0 Å². The maximum Gasteiger partial charge on any atom is 0.0782 e. The lowest BCUT2D eigenvalue weighted by Gasteiger charge is -2.07. The van der Waals surface area contributed by atoms with Crippen LogP contribution in [-0.4, -0.2) is 17.8 Å². The minimum atomic E-state index is -0.0151. The van der Waals surface area contributed by atoms with E-state index in [9.17, 15) is 0 Å². The average Bonchev–Trinajstić information content (AvgIpc) is 2.04. The molecule has 0 saturated carbocycles. The van der Waals surface area contributed by atoms with Crippen LogP contribution in [0.2, 0.25) is 0 Å². The van der Waals surface area contributed by atoms with Crippen molar-refractivity contribution in [2.75, 3.05) is 0 Å². The van der Waals surface area contributed by atoms with Crippen molar-refractivity contribution in [2.24, 2.45) is 0 Å². The number of rotatable bonds is 2. The van der Waals surface area contributed by atoms with Crippen molar-refractivity contribution < 1.29 is 0 Å². The van der Waals surface area contributed by atoms with E-state index in [-0.39, 0.29) is 5.82 Å². The Balaban J connectivity index is 3.02. The summed E-state index contributed by atoms with van der Waals surface area (Å²) in [4.78, 5) is 8.34. The van der Waals surface area contributed by atoms with Gasteiger partial charge in [0, 0.05) is 12.4 Å². The van der Waals surface area contributed by atoms with Crippen LogP contribution < -0.4 is 0 Å². The summed E-state index contributed by atoms with van der Waals surface area (Å²) in [6.45, 7) is 3.97. The van der Waals surface area contributed by atoms with Crippen LogP contribution in [0.5, 0.6) is 0 Å². The first-order valence-corrected chi connectivity index (χ1v) is 3.81. The van der Waals surface area contributed by atoms with Gasteiger partial charge in [-0.05, 0) is 12.2 Å². The van der Waals surface area contributed by atoms with E-state index in [1.807, 2.05) is 6.92 Å². The van der Waals surface area contributed by atoms with Gasteiger partial charge in [-0.3, -0.25) is 9.97 Å². The van der Waals surface area contributed by atoms with Crippen LogP contribution in [0, 0.1) is 0 Å². The molecule has 1 aromatic rings. The zero-order valence-corrected chi connectivity index (χ0v) is 6.91. The first-order chi connectivity index (χ1) is 5.25. The molecular weight excluding hydrogens is 135 g/mol. The van der Waals surface area contributed by atoms with Gasteiger partial charge in [0.2, 0.25) is 0 Å². The predicted molar refractivity (Wildman–Crippen MR) is 45.6 cm³/mol. The number of hydrogen-bond acceptors (Lipinski definition) is 2. The third-order valence-electron chi connectivity index (χ3n) is 1.57. The molecule has 1 unspecified atom stereocenters. The van der Waals surface area contributed by atoms with E-state index >= 15 is 0 Å². The summed E-state index contributed by atoms with van der Waals surface area (Å²) in [7, 11) is 5.69. The molecule has 0 amide bonds. The Labute approximate surface area is 68.5 Å². The van der Waals surface area contributed by atoms with Crippen LogP contribution in [0.4, 0.5) is 0 Å². The molecule has 0 aliphatic carbocycles. The van der Waals surface area contributed by atoms with Crippen LogP contribution in [0.3, 0.4) is 0 Å². The Morgan fingerprint density at radius 1 is 1.45 bits per heavy atom. The molecule has 11 heavy (non-hydrogen) atoms. The Morgan fingerprint density at radius 3 is 2.55 bits per heavy atom. The third-order valence-corrected chi connectivity index (χ3v) is 1.57. The highest BCUT2D eigenvalue weighted by Gasteiger charge is 2.05. The van der Waals surface area contributed by atoms with Gasteiger partial charge in [-0.1, -0.05) is 13.8 Å². The summed E-state index contributed by atoms with van der Waals surface area (Å²) in [6, 6.07) is 0. The van der Waals surface area contributed by atoms with Crippen molar-refractivity contribution in [3.05, 3.63) is 23.8 Å². The number of aromatic nitrogens is 2. The molecule has 1 atom stereocenters. The van der Waals surface area contributed by atoms with E-state index in [1.54, 1.807) is 12.4 Å². The first-order valence-electron chi connectivity index (χ1n) is 3.81. The lowest BCUT2D eigenvalue weighted by atomic mass is 9.85. The summed E-state index contributed by atoms with van der Waals surface area (Å²) in [5, 5.41) is 0. The molecule has 0 spiro atoms. The lowest BCUT2D eigenvalue weighted by molar-refractivity contribution is 0.885. The van der Waals surface area contributed by atoms with Crippen LogP contribution in [-0.2, 0) is 6.42 Å². The molecule has 0 N–H and O–H groups in total. The second kappa shape index (κ2) is 3.51. The van der Waals surface area contributed by atoms with Gasteiger partial charge in [0.15, 0.2) is 0 Å². The number of aryl methyl sites for hydroxylation is 1. The molecule has 0 aromatic carbocycles. The smallest absolute Gasteiger partial charge is 0.0782 e. The fourth-order valence-corrected chi connectivity index (χ4v) is 1.03. The molecule has 0 fully saturated rings. The summed E-state index contributed by atoms with van der Waals surface area (Å²) in [6.07, 6.45) is 4.27. The highest BCUT2D eigenvalue weighted by atomic mass is 14.8. The Morgan fingerprint density at radius 2 is 2.09 bits per heavy atom. The van der Waals surface area contributed by atoms with Gasteiger partial charge in [-0.25, -0.2) is 0 Å². The lowest BCUT2D eigenvalue weighted by Crippen LogP contribution is -2.03. The second-order valence-electron chi connectivity index (χ2n) is 2.53. The van der Waals surface area contributed by atoms with Gasteiger partial charge >= 0.3 is 0 Å². The molecule has 1 aromatic heterocycles. The summed E-state index contributed by atoms with van der Waals surface area (Å²) < 4.78 is 0. The van der Waals surface area contributed by atoms with E-state index in [1.165, 1.54) is 0 Å². The van der Waals surface area contributed by atoms with E-state index in [0.29, 0.717) is 0 Å². The standard InChI is InChI=1S/C8H11BN2/c1-3-7-8(6(2)9)11-5-4-10-7/h4-6H,3H2,1-2H3. The minimum absolute atomic E-state index is 0.0151. The van der Waals surface area contributed by atoms with Gasteiger partial charge in [0.25, 0.3) is 0 Å². The van der Waals surface area contributed by atoms with E-state index in [2.05, 4.69) is 16.9 Å². The molecule has 0 bridgehead atoms. The van der Waals surface area contributed by atoms with Gasteiger partial charge in [0.1, 0.15) is 0 Å². The molecule has 56 valence electrons. The molecule has 0 aliphatic rings. The third kappa shape index (κ3) is 1.79.